The lowest BCUT2D eigenvalue weighted by molar-refractivity contribution is -0.0175. The van der Waals surface area contributed by atoms with Crippen molar-refractivity contribution < 1.29 is 9.53 Å². The number of nitrogens with zero attached hydrogens (tertiary/aromatic N) is 1. The average Bonchev–Trinajstić information content (AvgIpc) is 2.73. The van der Waals surface area contributed by atoms with Crippen molar-refractivity contribution in [3.63, 3.8) is 0 Å². The summed E-state index contributed by atoms with van der Waals surface area (Å²) >= 11 is 12.0. The molecule has 1 heterocycles. The zero-order valence-electron chi connectivity index (χ0n) is 15.7. The lowest BCUT2D eigenvalue weighted by atomic mass is 10.2. The Labute approximate surface area is 176 Å². The van der Waals surface area contributed by atoms with Crippen LogP contribution in [0, 0.1) is 0 Å². The van der Waals surface area contributed by atoms with E-state index in [0.717, 1.165) is 24.1 Å². The molecule has 1 atom stereocenters. The smallest absolute Gasteiger partial charge is 0.317 e. The van der Waals surface area contributed by atoms with Gasteiger partial charge >= 0.3 is 6.03 Å². The molecule has 0 bridgehead atoms. The Balaban J connectivity index is 1.37. The van der Waals surface area contributed by atoms with Crippen molar-refractivity contribution in [1.82, 2.24) is 15.5 Å². The molecule has 28 heavy (non-hydrogen) atoms. The Hall–Kier alpha value is -1.79. The third-order valence-electron chi connectivity index (χ3n) is 4.67. The number of hydrogen-bond donors (Lipinski definition) is 2. The molecule has 0 aromatic heterocycles. The summed E-state index contributed by atoms with van der Waals surface area (Å²) in [5.74, 6) is 0. The molecule has 2 amide bonds. The van der Waals surface area contributed by atoms with Crippen molar-refractivity contribution in [3.8, 4) is 0 Å². The zero-order valence-corrected chi connectivity index (χ0v) is 17.2. The van der Waals surface area contributed by atoms with Crippen LogP contribution in [0.1, 0.15) is 17.5 Å². The average molecular weight is 422 g/mol. The van der Waals surface area contributed by atoms with Crippen LogP contribution in [0.2, 0.25) is 10.0 Å². The Kier molecular flexibility index (Phi) is 7.98. The second-order valence-electron chi connectivity index (χ2n) is 6.80. The van der Waals surface area contributed by atoms with Crippen molar-refractivity contribution in [2.45, 2.75) is 25.6 Å². The molecule has 2 N–H and O–H groups in total. The standard InChI is InChI=1S/C21H25Cl2N3O2/c22-19-7-6-17(12-20(19)23)13-24-9-8-18-15-26(10-11-28-18)21(27)25-14-16-4-2-1-3-5-16/h1-7,12,18,24H,8-11,13-15H2,(H,25,27). The molecule has 0 aliphatic carbocycles. The van der Waals surface area contributed by atoms with E-state index in [2.05, 4.69) is 10.6 Å². The Bertz CT molecular complexity index is 774. The second-order valence-corrected chi connectivity index (χ2v) is 7.61. The summed E-state index contributed by atoms with van der Waals surface area (Å²) in [4.78, 5) is 14.2. The van der Waals surface area contributed by atoms with Crippen LogP contribution < -0.4 is 10.6 Å². The highest BCUT2D eigenvalue weighted by Gasteiger charge is 2.23. The fourth-order valence-electron chi connectivity index (χ4n) is 3.11. The van der Waals surface area contributed by atoms with Crippen LogP contribution in [-0.4, -0.2) is 43.3 Å². The maximum absolute atomic E-state index is 12.4. The molecule has 0 spiro atoms. The summed E-state index contributed by atoms with van der Waals surface area (Å²) in [6.45, 7) is 3.83. The van der Waals surface area contributed by atoms with Gasteiger partial charge in [-0.25, -0.2) is 4.79 Å². The van der Waals surface area contributed by atoms with Crippen molar-refractivity contribution in [2.24, 2.45) is 0 Å². The van der Waals surface area contributed by atoms with Gasteiger partial charge in [0.05, 0.1) is 22.8 Å². The van der Waals surface area contributed by atoms with Crippen LogP contribution in [0.3, 0.4) is 0 Å². The van der Waals surface area contributed by atoms with Crippen molar-refractivity contribution >= 4 is 29.2 Å². The minimum absolute atomic E-state index is 0.0394. The first-order valence-electron chi connectivity index (χ1n) is 9.45. The van der Waals surface area contributed by atoms with E-state index in [0.29, 0.717) is 42.8 Å². The molecule has 0 radical (unpaired) electrons. The molecule has 7 heteroatoms. The minimum atomic E-state index is -0.0408. The quantitative estimate of drug-likeness (QED) is 0.662. The van der Waals surface area contributed by atoms with Crippen LogP contribution in [0.25, 0.3) is 0 Å². The van der Waals surface area contributed by atoms with Gasteiger partial charge in [-0.1, -0.05) is 59.6 Å². The second kappa shape index (κ2) is 10.7. The van der Waals surface area contributed by atoms with E-state index in [-0.39, 0.29) is 12.1 Å². The summed E-state index contributed by atoms with van der Waals surface area (Å²) in [5, 5.41) is 7.49. The van der Waals surface area contributed by atoms with Gasteiger partial charge in [-0.05, 0) is 36.2 Å². The number of urea groups is 1. The fraction of sp³-hybridized carbons (Fsp3) is 0.381. The van der Waals surface area contributed by atoms with Crippen molar-refractivity contribution in [3.05, 3.63) is 69.7 Å². The molecule has 0 saturated carbocycles. The van der Waals surface area contributed by atoms with E-state index in [1.165, 1.54) is 0 Å². The van der Waals surface area contributed by atoms with Gasteiger partial charge in [0.15, 0.2) is 0 Å². The summed E-state index contributed by atoms with van der Waals surface area (Å²) < 4.78 is 5.81. The molecule has 5 nitrogen and oxygen atoms in total. The predicted molar refractivity (Wildman–Crippen MR) is 113 cm³/mol. The first kappa shape index (κ1) is 20.9. The third kappa shape index (κ3) is 6.38. The van der Waals surface area contributed by atoms with Gasteiger partial charge in [-0.15, -0.1) is 0 Å². The van der Waals surface area contributed by atoms with Gasteiger partial charge in [-0.3, -0.25) is 0 Å². The molecule has 3 rings (SSSR count). The Morgan fingerprint density at radius 1 is 1.07 bits per heavy atom. The van der Waals surface area contributed by atoms with Crippen LogP contribution in [0.4, 0.5) is 4.79 Å². The molecule has 1 aliphatic heterocycles. The number of benzene rings is 2. The molecule has 1 saturated heterocycles. The number of ether oxygens (including phenoxy) is 1. The number of morpholine rings is 1. The molecular formula is C21H25Cl2N3O2. The van der Waals surface area contributed by atoms with E-state index >= 15 is 0 Å². The molecule has 1 unspecified atom stereocenters. The fourth-order valence-corrected chi connectivity index (χ4v) is 3.43. The van der Waals surface area contributed by atoms with Crippen LogP contribution >= 0.6 is 23.2 Å². The van der Waals surface area contributed by atoms with Gasteiger partial charge in [0.2, 0.25) is 0 Å². The van der Waals surface area contributed by atoms with E-state index in [1.807, 2.05) is 47.4 Å². The first-order valence-corrected chi connectivity index (χ1v) is 10.2. The lowest BCUT2D eigenvalue weighted by Crippen LogP contribution is -2.49. The molecular weight excluding hydrogens is 397 g/mol. The highest BCUT2D eigenvalue weighted by Crippen LogP contribution is 2.22. The first-order chi connectivity index (χ1) is 13.6. The maximum atomic E-state index is 12.4. The highest BCUT2D eigenvalue weighted by molar-refractivity contribution is 6.42. The molecule has 2 aromatic carbocycles. The summed E-state index contributed by atoms with van der Waals surface area (Å²) in [6.07, 6.45) is 0.876. The van der Waals surface area contributed by atoms with Crippen LogP contribution in [0.15, 0.2) is 48.5 Å². The monoisotopic (exact) mass is 421 g/mol. The van der Waals surface area contributed by atoms with E-state index in [9.17, 15) is 4.79 Å². The number of hydrogen-bond acceptors (Lipinski definition) is 3. The Morgan fingerprint density at radius 2 is 1.89 bits per heavy atom. The summed E-state index contributed by atoms with van der Waals surface area (Å²) in [6, 6.07) is 15.5. The third-order valence-corrected chi connectivity index (χ3v) is 5.41. The van der Waals surface area contributed by atoms with E-state index in [1.54, 1.807) is 6.07 Å². The SMILES string of the molecule is O=C(NCc1ccccc1)N1CCOC(CCNCc2ccc(Cl)c(Cl)c2)C1. The van der Waals surface area contributed by atoms with Gasteiger partial charge < -0.3 is 20.3 Å². The van der Waals surface area contributed by atoms with Crippen LogP contribution in [0.5, 0.6) is 0 Å². The van der Waals surface area contributed by atoms with Gasteiger partial charge in [0.25, 0.3) is 0 Å². The van der Waals surface area contributed by atoms with Gasteiger partial charge in [0.1, 0.15) is 0 Å². The van der Waals surface area contributed by atoms with Gasteiger partial charge in [0, 0.05) is 26.2 Å². The lowest BCUT2D eigenvalue weighted by Gasteiger charge is -2.33. The van der Waals surface area contributed by atoms with Crippen molar-refractivity contribution in [1.29, 1.82) is 0 Å². The minimum Gasteiger partial charge on any atom is -0.374 e. The summed E-state index contributed by atoms with van der Waals surface area (Å²) in [7, 11) is 0. The molecule has 150 valence electrons. The van der Waals surface area contributed by atoms with Gasteiger partial charge in [-0.2, -0.15) is 0 Å². The number of amides is 2. The zero-order chi connectivity index (χ0) is 19.8. The van der Waals surface area contributed by atoms with E-state index < -0.39 is 0 Å². The maximum Gasteiger partial charge on any atom is 0.317 e. The topological polar surface area (TPSA) is 53.6 Å². The number of halogens is 2. The normalized spacial score (nSPS) is 16.8. The molecule has 1 aliphatic rings. The van der Waals surface area contributed by atoms with Crippen LogP contribution in [-0.2, 0) is 17.8 Å². The number of carbonyl (C=O) groups is 1. The highest BCUT2D eigenvalue weighted by atomic mass is 35.5. The Morgan fingerprint density at radius 3 is 2.68 bits per heavy atom. The predicted octanol–water partition coefficient (Wildman–Crippen LogP) is 4.08. The number of rotatable bonds is 7. The number of carbonyl (C=O) groups excluding carboxylic acids is 1. The largest absolute Gasteiger partial charge is 0.374 e. The van der Waals surface area contributed by atoms with Crippen molar-refractivity contribution in [2.75, 3.05) is 26.2 Å². The molecule has 1 fully saturated rings. The number of nitrogens with one attached hydrogen (secondary N) is 2. The van der Waals surface area contributed by atoms with E-state index in [4.69, 9.17) is 27.9 Å². The summed E-state index contributed by atoms with van der Waals surface area (Å²) in [5.41, 5.74) is 2.17. The molecule has 2 aromatic rings.